The zero-order valence-corrected chi connectivity index (χ0v) is 15.2. The van der Waals surface area contributed by atoms with E-state index in [0.29, 0.717) is 29.9 Å². The highest BCUT2D eigenvalue weighted by molar-refractivity contribution is 5.70. The highest BCUT2D eigenvalue weighted by atomic mass is 19.4. The molecule has 7 heteroatoms. The number of benzene rings is 1. The van der Waals surface area contributed by atoms with Gasteiger partial charge in [-0.2, -0.15) is 13.2 Å². The summed E-state index contributed by atoms with van der Waals surface area (Å²) in [7, 11) is 1.68. The molecule has 0 bridgehead atoms. The van der Waals surface area contributed by atoms with Gasteiger partial charge in [0.2, 0.25) is 0 Å². The van der Waals surface area contributed by atoms with Gasteiger partial charge in [-0.25, -0.2) is 0 Å². The first-order chi connectivity index (χ1) is 12.7. The van der Waals surface area contributed by atoms with Crippen molar-refractivity contribution in [1.29, 1.82) is 0 Å². The van der Waals surface area contributed by atoms with Gasteiger partial charge < -0.3 is 15.7 Å². The van der Waals surface area contributed by atoms with Crippen LogP contribution in [0.15, 0.2) is 64.8 Å². The van der Waals surface area contributed by atoms with Crippen LogP contribution in [0.2, 0.25) is 0 Å². The number of nitrogens with two attached hydrogens (primary N) is 1. The molecule has 0 heterocycles. The molecule has 146 valence electrons. The fraction of sp³-hybridized carbons (Fsp3) is 0.350. The van der Waals surface area contributed by atoms with Crippen molar-refractivity contribution >= 4 is 12.4 Å². The van der Waals surface area contributed by atoms with Crippen molar-refractivity contribution in [2.45, 2.75) is 31.2 Å². The summed E-state index contributed by atoms with van der Waals surface area (Å²) in [5.41, 5.74) is 7.58. The van der Waals surface area contributed by atoms with Crippen LogP contribution < -0.4 is 5.73 Å². The molecule has 0 saturated carbocycles. The smallest absolute Gasteiger partial charge is 0.389 e. The Hall–Kier alpha value is -2.38. The third kappa shape index (κ3) is 5.80. The molecule has 1 aromatic carbocycles. The lowest BCUT2D eigenvalue weighted by molar-refractivity contribution is -0.147. The van der Waals surface area contributed by atoms with Crippen LogP contribution in [0.4, 0.5) is 13.2 Å². The maximum atomic E-state index is 13.1. The molecule has 27 heavy (non-hydrogen) atoms. The normalized spacial score (nSPS) is 19.2. The number of halogens is 3. The molecule has 0 saturated heterocycles. The number of aliphatic hydroxyl groups excluding tert-OH is 1. The van der Waals surface area contributed by atoms with Gasteiger partial charge in [0.25, 0.3) is 0 Å². The average Bonchev–Trinajstić information content (AvgIpc) is 2.61. The van der Waals surface area contributed by atoms with Gasteiger partial charge in [0.15, 0.2) is 0 Å². The van der Waals surface area contributed by atoms with Crippen LogP contribution in [-0.4, -0.2) is 48.6 Å². The van der Waals surface area contributed by atoms with Crippen LogP contribution in [-0.2, 0) is 0 Å². The Morgan fingerprint density at radius 3 is 2.59 bits per heavy atom. The third-order valence-corrected chi connectivity index (χ3v) is 4.31. The molecule has 2 atom stereocenters. The van der Waals surface area contributed by atoms with Crippen LogP contribution in [0, 0.1) is 0 Å². The minimum absolute atomic E-state index is 0.319. The van der Waals surface area contributed by atoms with E-state index in [1.807, 2.05) is 18.2 Å². The van der Waals surface area contributed by atoms with E-state index >= 15 is 0 Å². The molecule has 0 amide bonds. The Labute approximate surface area is 157 Å². The first-order valence-corrected chi connectivity index (χ1v) is 8.56. The van der Waals surface area contributed by atoms with Crippen molar-refractivity contribution in [3.63, 3.8) is 0 Å². The summed E-state index contributed by atoms with van der Waals surface area (Å²) in [5, 5.41) is 9.76. The number of hydrogen-bond donors (Lipinski definition) is 2. The molecule has 2 rings (SSSR count). The number of alkyl halides is 3. The fourth-order valence-corrected chi connectivity index (χ4v) is 2.91. The van der Waals surface area contributed by atoms with E-state index in [1.165, 1.54) is 0 Å². The van der Waals surface area contributed by atoms with Gasteiger partial charge in [-0.05, 0) is 18.7 Å². The SMILES string of the molecule is C=N/C(=C(/CC(N)C(F)(F)F)N(C)CC1=CC(O)CC=C1)c1ccccc1. The van der Waals surface area contributed by atoms with E-state index < -0.39 is 24.7 Å². The van der Waals surface area contributed by atoms with Crippen molar-refractivity contribution in [3.8, 4) is 0 Å². The van der Waals surface area contributed by atoms with Crippen molar-refractivity contribution in [2.24, 2.45) is 10.7 Å². The quantitative estimate of drug-likeness (QED) is 0.713. The van der Waals surface area contributed by atoms with Gasteiger partial charge in [0, 0.05) is 31.3 Å². The molecule has 0 spiro atoms. The zero-order valence-electron chi connectivity index (χ0n) is 15.2. The lowest BCUT2D eigenvalue weighted by Gasteiger charge is -2.29. The van der Waals surface area contributed by atoms with E-state index in [-0.39, 0.29) is 0 Å². The maximum absolute atomic E-state index is 13.1. The number of aliphatic hydroxyl groups is 1. The Kier molecular flexibility index (Phi) is 6.98. The average molecular weight is 379 g/mol. The van der Waals surface area contributed by atoms with Crippen molar-refractivity contribution < 1.29 is 18.3 Å². The predicted molar refractivity (Wildman–Crippen MR) is 102 cm³/mol. The predicted octanol–water partition coefficient (Wildman–Crippen LogP) is 3.51. The Morgan fingerprint density at radius 2 is 2.04 bits per heavy atom. The van der Waals surface area contributed by atoms with Crippen LogP contribution in [0.5, 0.6) is 0 Å². The summed E-state index contributed by atoms with van der Waals surface area (Å²) >= 11 is 0. The van der Waals surface area contributed by atoms with Crippen molar-refractivity contribution in [2.75, 3.05) is 13.6 Å². The molecule has 3 N–H and O–H groups in total. The van der Waals surface area contributed by atoms with Gasteiger partial charge >= 0.3 is 6.18 Å². The lowest BCUT2D eigenvalue weighted by Crippen LogP contribution is -2.39. The molecule has 0 aromatic heterocycles. The summed E-state index contributed by atoms with van der Waals surface area (Å²) in [6.07, 6.45) is 0.378. The molecule has 1 aromatic rings. The molecular weight excluding hydrogens is 355 g/mol. The first-order valence-electron chi connectivity index (χ1n) is 8.56. The highest BCUT2D eigenvalue weighted by Gasteiger charge is 2.38. The van der Waals surface area contributed by atoms with Crippen LogP contribution in [0.3, 0.4) is 0 Å². The van der Waals surface area contributed by atoms with E-state index in [9.17, 15) is 18.3 Å². The van der Waals surface area contributed by atoms with Gasteiger partial charge in [-0.15, -0.1) is 0 Å². The highest BCUT2D eigenvalue weighted by Crippen LogP contribution is 2.30. The largest absolute Gasteiger partial charge is 0.404 e. The van der Waals surface area contributed by atoms with Gasteiger partial charge in [0.1, 0.15) is 6.04 Å². The van der Waals surface area contributed by atoms with Gasteiger partial charge in [-0.3, -0.25) is 4.99 Å². The topological polar surface area (TPSA) is 61.8 Å². The molecule has 4 nitrogen and oxygen atoms in total. The van der Waals surface area contributed by atoms with E-state index in [0.717, 1.165) is 5.57 Å². The summed E-state index contributed by atoms with van der Waals surface area (Å²) in [4.78, 5) is 5.68. The number of hydrogen-bond acceptors (Lipinski definition) is 4. The summed E-state index contributed by atoms with van der Waals surface area (Å²) in [6, 6.07) is 6.89. The molecule has 2 unspecified atom stereocenters. The molecule has 1 aliphatic rings. The third-order valence-electron chi connectivity index (χ3n) is 4.31. The lowest BCUT2D eigenvalue weighted by atomic mass is 10.0. The van der Waals surface area contributed by atoms with E-state index in [1.54, 1.807) is 42.3 Å². The Balaban J connectivity index is 2.40. The van der Waals surface area contributed by atoms with Crippen molar-refractivity contribution in [3.05, 3.63) is 65.4 Å². The molecule has 0 fully saturated rings. The van der Waals surface area contributed by atoms with Crippen molar-refractivity contribution in [1.82, 2.24) is 4.90 Å². The van der Waals surface area contributed by atoms with Crippen LogP contribution in [0.25, 0.3) is 5.70 Å². The second kappa shape index (κ2) is 9.01. The fourth-order valence-electron chi connectivity index (χ4n) is 2.91. The molecular formula is C20H24F3N3O. The minimum atomic E-state index is -4.52. The number of nitrogens with zero attached hydrogens (tertiary/aromatic N) is 2. The number of likely N-dealkylation sites (N-methyl/N-ethyl adjacent to an activating group) is 1. The van der Waals surface area contributed by atoms with Crippen LogP contribution >= 0.6 is 0 Å². The van der Waals surface area contributed by atoms with Crippen LogP contribution in [0.1, 0.15) is 18.4 Å². The second-order valence-electron chi connectivity index (χ2n) is 6.47. The zero-order chi connectivity index (χ0) is 20.0. The molecule has 0 aliphatic heterocycles. The maximum Gasteiger partial charge on any atom is 0.404 e. The Bertz CT molecular complexity index is 739. The number of rotatable bonds is 7. The van der Waals surface area contributed by atoms with E-state index in [2.05, 4.69) is 11.7 Å². The molecule has 0 radical (unpaired) electrons. The monoisotopic (exact) mass is 379 g/mol. The van der Waals surface area contributed by atoms with E-state index in [4.69, 9.17) is 5.73 Å². The standard InChI is InChI=1S/C20H24F3N3O/c1-25-19(15-8-4-3-5-9-15)17(12-18(24)20(21,22)23)26(2)13-14-7-6-10-16(27)11-14/h3-9,11,16,18,27H,1,10,12-13,24H2,2H3/b19-17-. The summed E-state index contributed by atoms with van der Waals surface area (Å²) < 4.78 is 39.3. The summed E-state index contributed by atoms with van der Waals surface area (Å²) in [5.74, 6) is 0. The van der Waals surface area contributed by atoms with Gasteiger partial charge in [0.05, 0.1) is 11.8 Å². The number of aliphatic imine (C=N–C) groups is 1. The Morgan fingerprint density at radius 1 is 1.37 bits per heavy atom. The summed E-state index contributed by atoms with van der Waals surface area (Å²) in [6.45, 7) is 3.86. The molecule has 1 aliphatic carbocycles. The van der Waals surface area contributed by atoms with Gasteiger partial charge in [-0.1, -0.05) is 48.6 Å². The minimum Gasteiger partial charge on any atom is -0.389 e. The first kappa shape index (κ1) is 20.9. The second-order valence-corrected chi connectivity index (χ2v) is 6.47.